The van der Waals surface area contributed by atoms with Crippen molar-refractivity contribution >= 4 is 23.9 Å². The predicted octanol–water partition coefficient (Wildman–Crippen LogP) is 3.21. The Bertz CT molecular complexity index is 771. The van der Waals surface area contributed by atoms with Gasteiger partial charge in [-0.05, 0) is 11.6 Å². The Morgan fingerprint density at radius 3 is 2.45 bits per heavy atom. The molecule has 0 aliphatic carbocycles. The Kier molecular flexibility index (Phi) is 10.1. The highest BCUT2D eigenvalue weighted by Crippen LogP contribution is 2.18. The van der Waals surface area contributed by atoms with Crippen molar-refractivity contribution in [3.05, 3.63) is 47.8 Å². The summed E-state index contributed by atoms with van der Waals surface area (Å²) < 4.78 is 32.1. The first-order valence-electron chi connectivity index (χ1n) is 9.01. The molecule has 1 amide bonds. The third-order valence-electron chi connectivity index (χ3n) is 3.54. The molecule has 0 bridgehead atoms. The van der Waals surface area contributed by atoms with Crippen LogP contribution in [0, 0.1) is 0 Å². The molecule has 1 N–H and O–H groups in total. The van der Waals surface area contributed by atoms with Gasteiger partial charge >= 0.3 is 12.1 Å². The lowest BCUT2D eigenvalue weighted by molar-refractivity contribution is 0.0315. The van der Waals surface area contributed by atoms with Crippen LogP contribution in [-0.4, -0.2) is 62.9 Å². The molecule has 0 unspecified atom stereocenters. The molecule has 29 heavy (non-hydrogen) atoms. The largest absolute Gasteiger partial charge is 0.461 e. The van der Waals surface area contributed by atoms with Gasteiger partial charge in [-0.1, -0.05) is 30.4 Å². The zero-order valence-electron chi connectivity index (χ0n) is 16.2. The molecule has 0 aliphatic heterocycles. The van der Waals surface area contributed by atoms with Crippen LogP contribution in [0.15, 0.2) is 36.7 Å². The second kappa shape index (κ2) is 13.2. The minimum atomic E-state index is -0.535. The van der Waals surface area contributed by atoms with Gasteiger partial charge in [0.25, 0.3) is 0 Å². The number of carbonyl (C=O) groups is 1. The number of carbonyl (C=O) groups excluding carboxylic acids is 1. The molecule has 0 saturated carbocycles. The maximum absolute atomic E-state index is 11.8. The van der Waals surface area contributed by atoms with E-state index in [2.05, 4.69) is 20.0 Å². The van der Waals surface area contributed by atoms with Crippen molar-refractivity contribution in [1.29, 1.82) is 0 Å². The van der Waals surface area contributed by atoms with Crippen LogP contribution >= 0.6 is 0 Å². The van der Waals surface area contributed by atoms with E-state index in [1.54, 1.807) is 18.5 Å². The quantitative estimate of drug-likeness (QED) is 0.542. The molecule has 2 aromatic rings. The van der Waals surface area contributed by atoms with Gasteiger partial charge in [-0.2, -0.15) is 0 Å². The number of alkyl halides is 1. The van der Waals surface area contributed by atoms with Gasteiger partial charge in [-0.3, -0.25) is 5.32 Å². The molecular weight excluding hydrogens is 381 g/mol. The highest BCUT2D eigenvalue weighted by atomic mass is 19.1. The van der Waals surface area contributed by atoms with Crippen molar-refractivity contribution in [2.24, 2.45) is 0 Å². The Morgan fingerprint density at radius 1 is 1.03 bits per heavy atom. The van der Waals surface area contributed by atoms with E-state index in [0.717, 1.165) is 11.1 Å². The highest BCUT2D eigenvalue weighted by molar-refractivity contribution is 5.89. The molecule has 0 saturated heterocycles. The molecular formula is C20H24FN3O5. The van der Waals surface area contributed by atoms with Crippen LogP contribution in [0.4, 0.5) is 14.9 Å². The van der Waals surface area contributed by atoms with Crippen molar-refractivity contribution in [2.75, 3.05) is 52.1 Å². The first-order valence-corrected chi connectivity index (χ1v) is 9.01. The lowest BCUT2D eigenvalue weighted by Crippen LogP contribution is -2.12. The van der Waals surface area contributed by atoms with Gasteiger partial charge < -0.3 is 18.9 Å². The van der Waals surface area contributed by atoms with E-state index in [4.69, 9.17) is 14.2 Å². The minimum Gasteiger partial charge on any atom is -0.461 e. The lowest BCUT2D eigenvalue weighted by atomic mass is 10.1. The minimum absolute atomic E-state index is 0.0852. The van der Waals surface area contributed by atoms with E-state index in [-0.39, 0.29) is 12.6 Å². The zero-order chi connectivity index (χ0) is 20.7. The normalized spacial score (nSPS) is 10.8. The van der Waals surface area contributed by atoms with Crippen LogP contribution in [0.2, 0.25) is 0 Å². The smallest absolute Gasteiger partial charge is 0.411 e. The van der Waals surface area contributed by atoms with Gasteiger partial charge in [-0.25, -0.2) is 19.2 Å². The first-order chi connectivity index (χ1) is 14.2. The second-order valence-corrected chi connectivity index (χ2v) is 5.60. The lowest BCUT2D eigenvalue weighted by Gasteiger charge is -2.07. The van der Waals surface area contributed by atoms with Crippen molar-refractivity contribution in [3.63, 3.8) is 0 Å². The Hall–Kier alpha value is -3.04. The summed E-state index contributed by atoms with van der Waals surface area (Å²) in [6.45, 7) is 0.962. The number of anilines is 1. The van der Waals surface area contributed by atoms with Crippen LogP contribution < -0.4 is 10.1 Å². The van der Waals surface area contributed by atoms with Crippen LogP contribution in [0.5, 0.6) is 6.01 Å². The average molecular weight is 405 g/mol. The molecule has 0 aliphatic rings. The molecule has 156 valence electrons. The van der Waals surface area contributed by atoms with E-state index in [9.17, 15) is 9.18 Å². The summed E-state index contributed by atoms with van der Waals surface area (Å²) in [5.41, 5.74) is 2.21. The molecule has 1 heterocycles. The number of nitrogens with zero attached hydrogens (tertiary/aromatic N) is 2. The topological polar surface area (TPSA) is 91.8 Å². The summed E-state index contributed by atoms with van der Waals surface area (Å²) in [7, 11) is 1.31. The van der Waals surface area contributed by atoms with Crippen LogP contribution in [0.1, 0.15) is 11.1 Å². The third-order valence-corrected chi connectivity index (χ3v) is 3.54. The predicted molar refractivity (Wildman–Crippen MR) is 107 cm³/mol. The van der Waals surface area contributed by atoms with E-state index < -0.39 is 12.8 Å². The molecule has 1 aromatic heterocycles. The molecule has 8 nitrogen and oxygen atoms in total. The number of rotatable bonds is 12. The standard InChI is InChI=1S/C20H24FN3O5/c1-26-20(25)24-18-5-3-2-4-17(18)7-6-16-14-22-19(23-15-16)29-13-12-28-11-10-27-9-8-21/h2-7,14-15H,8-13H2,1H3,(H,24,25)/b7-6+. The van der Waals surface area contributed by atoms with E-state index in [1.807, 2.05) is 30.4 Å². The van der Waals surface area contributed by atoms with Crippen LogP contribution in [0.3, 0.4) is 0 Å². The number of aromatic nitrogens is 2. The van der Waals surface area contributed by atoms with E-state index in [0.29, 0.717) is 32.1 Å². The van der Waals surface area contributed by atoms with Crippen LogP contribution in [-0.2, 0) is 14.2 Å². The summed E-state index contributed by atoms with van der Waals surface area (Å²) in [5.74, 6) is 0. The zero-order valence-corrected chi connectivity index (χ0v) is 16.2. The second-order valence-electron chi connectivity index (χ2n) is 5.60. The number of amides is 1. The van der Waals surface area contributed by atoms with Crippen molar-refractivity contribution in [2.45, 2.75) is 0 Å². The summed E-state index contributed by atoms with van der Waals surface area (Å²) in [6.07, 6.45) is 6.37. The summed E-state index contributed by atoms with van der Waals surface area (Å²) in [4.78, 5) is 19.7. The summed E-state index contributed by atoms with van der Waals surface area (Å²) in [5, 5.41) is 2.65. The number of nitrogens with one attached hydrogen (secondary N) is 1. The molecule has 2 rings (SSSR count). The van der Waals surface area contributed by atoms with Gasteiger partial charge in [0, 0.05) is 18.0 Å². The monoisotopic (exact) mass is 405 g/mol. The van der Waals surface area contributed by atoms with Gasteiger partial charge in [0.15, 0.2) is 0 Å². The molecule has 0 fully saturated rings. The number of halogens is 1. The van der Waals surface area contributed by atoms with Crippen molar-refractivity contribution < 1.29 is 28.1 Å². The summed E-state index contributed by atoms with van der Waals surface area (Å²) in [6, 6.07) is 7.57. The number of hydrogen-bond acceptors (Lipinski definition) is 7. The van der Waals surface area contributed by atoms with Crippen LogP contribution in [0.25, 0.3) is 12.2 Å². The molecule has 1 aromatic carbocycles. The molecule has 0 atom stereocenters. The van der Waals surface area contributed by atoms with Crippen molar-refractivity contribution in [1.82, 2.24) is 9.97 Å². The third kappa shape index (κ3) is 8.67. The number of hydrogen-bond donors (Lipinski definition) is 1. The average Bonchev–Trinajstić information content (AvgIpc) is 2.75. The molecule has 0 spiro atoms. The fourth-order valence-electron chi connectivity index (χ4n) is 2.16. The van der Waals surface area contributed by atoms with Gasteiger partial charge in [0.1, 0.15) is 13.3 Å². The fraction of sp³-hybridized carbons (Fsp3) is 0.350. The maximum atomic E-state index is 11.8. The van der Waals surface area contributed by atoms with Crippen molar-refractivity contribution in [3.8, 4) is 6.01 Å². The fourth-order valence-corrected chi connectivity index (χ4v) is 2.16. The molecule has 9 heteroatoms. The highest BCUT2D eigenvalue weighted by Gasteiger charge is 2.04. The van der Waals surface area contributed by atoms with Gasteiger partial charge in [0.2, 0.25) is 0 Å². The van der Waals surface area contributed by atoms with E-state index in [1.165, 1.54) is 7.11 Å². The SMILES string of the molecule is COC(=O)Nc1ccccc1/C=C/c1cnc(OCCOCCOCCF)nc1. The Balaban J connectivity index is 1.78. The summed E-state index contributed by atoms with van der Waals surface area (Å²) >= 11 is 0. The Labute approximate surface area is 168 Å². The number of para-hydroxylation sites is 1. The van der Waals surface area contributed by atoms with Gasteiger partial charge in [0.05, 0.1) is 39.2 Å². The first kappa shape index (κ1) is 22.3. The molecule has 0 radical (unpaired) electrons. The van der Waals surface area contributed by atoms with E-state index >= 15 is 0 Å². The number of ether oxygens (including phenoxy) is 4. The number of methoxy groups -OCH3 is 1. The Morgan fingerprint density at radius 2 is 1.72 bits per heavy atom. The maximum Gasteiger partial charge on any atom is 0.411 e. The van der Waals surface area contributed by atoms with Gasteiger partial charge in [-0.15, -0.1) is 0 Å². The number of benzene rings is 1.